The zero-order chi connectivity index (χ0) is 21.1. The fraction of sp³-hybridized carbons (Fsp3) is 0.316. The van der Waals surface area contributed by atoms with Crippen LogP contribution in [0.3, 0.4) is 0 Å². The summed E-state index contributed by atoms with van der Waals surface area (Å²) in [5.74, 6) is -0.736. The van der Waals surface area contributed by atoms with Gasteiger partial charge in [-0.3, -0.25) is 14.9 Å². The molecule has 0 unspecified atom stereocenters. The molecule has 10 heteroatoms. The quantitative estimate of drug-likeness (QED) is 0.431. The van der Waals surface area contributed by atoms with Crippen molar-refractivity contribution < 1.29 is 19.2 Å². The Morgan fingerprint density at radius 1 is 1.41 bits per heavy atom. The highest BCUT2D eigenvalue weighted by molar-refractivity contribution is 8.16. The molecule has 1 N–H and O–H groups in total. The minimum Gasteiger partial charge on any atom is -0.466 e. The second-order valence-electron chi connectivity index (χ2n) is 6.37. The van der Waals surface area contributed by atoms with E-state index in [2.05, 4.69) is 10.3 Å². The summed E-state index contributed by atoms with van der Waals surface area (Å²) in [5, 5.41) is 16.4. The van der Waals surface area contributed by atoms with Gasteiger partial charge in [-0.25, -0.2) is 9.79 Å². The molecule has 0 saturated carbocycles. The third-order valence-electron chi connectivity index (χ3n) is 4.52. The molecule has 2 heterocycles. The number of benzene rings is 1. The van der Waals surface area contributed by atoms with Gasteiger partial charge in [-0.1, -0.05) is 23.9 Å². The van der Waals surface area contributed by atoms with Gasteiger partial charge in [0.2, 0.25) is 5.91 Å². The van der Waals surface area contributed by atoms with Gasteiger partial charge in [0, 0.05) is 24.4 Å². The number of ether oxygens (including phenoxy) is 1. The molecule has 1 atom stereocenters. The van der Waals surface area contributed by atoms with Crippen LogP contribution in [0.5, 0.6) is 0 Å². The van der Waals surface area contributed by atoms with Crippen molar-refractivity contribution in [2.24, 2.45) is 4.99 Å². The number of carbonyl (C=O) groups is 2. The molecular weight excluding hydrogens is 396 g/mol. The summed E-state index contributed by atoms with van der Waals surface area (Å²) in [6.45, 7) is 4.03. The molecule has 9 nitrogen and oxygen atoms in total. The molecule has 2 aliphatic heterocycles. The Labute approximate surface area is 171 Å². The molecule has 0 aromatic heterocycles. The Morgan fingerprint density at radius 3 is 2.83 bits per heavy atom. The van der Waals surface area contributed by atoms with Gasteiger partial charge in [0.05, 0.1) is 35.8 Å². The van der Waals surface area contributed by atoms with E-state index in [1.807, 2.05) is 12.3 Å². The van der Waals surface area contributed by atoms with Gasteiger partial charge < -0.3 is 15.0 Å². The van der Waals surface area contributed by atoms with Crippen LogP contribution in [-0.4, -0.2) is 40.5 Å². The third kappa shape index (κ3) is 4.02. The minimum atomic E-state index is -0.689. The lowest BCUT2D eigenvalue weighted by atomic mass is 9.93. The van der Waals surface area contributed by atoms with Crippen LogP contribution in [0.25, 0.3) is 0 Å². The van der Waals surface area contributed by atoms with Crippen LogP contribution in [-0.2, 0) is 14.3 Å². The van der Waals surface area contributed by atoms with Crippen molar-refractivity contribution in [3.63, 3.8) is 0 Å². The maximum absolute atomic E-state index is 12.6. The van der Waals surface area contributed by atoms with Crippen molar-refractivity contribution in [2.75, 3.05) is 13.7 Å². The second kappa shape index (κ2) is 8.48. The maximum Gasteiger partial charge on any atom is 0.338 e. The summed E-state index contributed by atoms with van der Waals surface area (Å²) in [5.41, 5.74) is 1.86. The first-order valence-corrected chi connectivity index (χ1v) is 9.79. The number of carbonyl (C=O) groups excluding carboxylic acids is 2. The van der Waals surface area contributed by atoms with Gasteiger partial charge in [0.25, 0.3) is 5.69 Å². The number of thioether (sulfide) groups is 1. The number of aliphatic imine (C=N–C) groups is 1. The molecule has 0 radical (unpaired) electrons. The first-order chi connectivity index (χ1) is 13.9. The van der Waals surface area contributed by atoms with Crippen LogP contribution in [0.2, 0.25) is 0 Å². The van der Waals surface area contributed by atoms with Crippen LogP contribution < -0.4 is 5.32 Å². The Kier molecular flexibility index (Phi) is 6.02. The fourth-order valence-electron chi connectivity index (χ4n) is 3.29. The molecule has 0 saturated heterocycles. The van der Waals surface area contributed by atoms with Crippen LogP contribution >= 0.6 is 11.8 Å². The van der Waals surface area contributed by atoms with E-state index in [1.54, 1.807) is 24.0 Å². The molecule has 1 amide bonds. The molecule has 1 aromatic rings. The highest BCUT2D eigenvalue weighted by Crippen LogP contribution is 2.45. The van der Waals surface area contributed by atoms with Crippen molar-refractivity contribution in [3.05, 3.63) is 62.3 Å². The summed E-state index contributed by atoms with van der Waals surface area (Å²) in [6, 6.07) is 5.41. The Balaban J connectivity index is 2.10. The second-order valence-corrected chi connectivity index (χ2v) is 7.20. The maximum atomic E-state index is 12.6. The van der Waals surface area contributed by atoms with Crippen molar-refractivity contribution >= 4 is 34.5 Å². The van der Waals surface area contributed by atoms with E-state index in [-0.39, 0.29) is 23.6 Å². The number of hydrogen-bond acceptors (Lipinski definition) is 8. The van der Waals surface area contributed by atoms with E-state index in [9.17, 15) is 19.7 Å². The highest BCUT2D eigenvalue weighted by atomic mass is 32.2. The van der Waals surface area contributed by atoms with Gasteiger partial charge in [-0.15, -0.1) is 0 Å². The van der Waals surface area contributed by atoms with Gasteiger partial charge in [0.1, 0.15) is 0 Å². The molecule has 0 aliphatic carbocycles. The number of amidine groups is 1. The smallest absolute Gasteiger partial charge is 0.338 e. The number of nitrogens with one attached hydrogen (secondary N) is 1. The highest BCUT2D eigenvalue weighted by Gasteiger charge is 2.41. The number of hydrogen-bond donors (Lipinski definition) is 1. The SMILES string of the molecule is CCNC(=O)CC1=CSC2=NC(C)=C(C(=O)OC)[C@H](c3cccc([N+](=O)[O-])c3)N12. The Morgan fingerprint density at radius 2 is 2.17 bits per heavy atom. The van der Waals surface area contributed by atoms with Gasteiger partial charge in [-0.05, 0) is 24.8 Å². The number of non-ortho nitro benzene ring substituents is 1. The van der Waals surface area contributed by atoms with Crippen molar-refractivity contribution in [3.8, 4) is 0 Å². The number of amides is 1. The van der Waals surface area contributed by atoms with Crippen molar-refractivity contribution in [1.82, 2.24) is 10.2 Å². The first-order valence-electron chi connectivity index (χ1n) is 8.91. The molecule has 0 fully saturated rings. The lowest BCUT2D eigenvalue weighted by Gasteiger charge is -2.36. The van der Waals surface area contributed by atoms with Gasteiger partial charge in [0.15, 0.2) is 5.17 Å². The molecule has 1 aromatic carbocycles. The number of nitro groups is 1. The van der Waals surface area contributed by atoms with Gasteiger partial charge in [-0.2, -0.15) is 0 Å². The van der Waals surface area contributed by atoms with E-state index < -0.39 is 16.9 Å². The van der Waals surface area contributed by atoms with E-state index in [4.69, 9.17) is 4.74 Å². The normalized spacial score (nSPS) is 18.0. The average molecular weight is 416 g/mol. The summed E-state index contributed by atoms with van der Waals surface area (Å²) < 4.78 is 4.96. The molecule has 152 valence electrons. The monoisotopic (exact) mass is 416 g/mol. The third-order valence-corrected chi connectivity index (χ3v) is 5.41. The zero-order valence-corrected chi connectivity index (χ0v) is 17.0. The van der Waals surface area contributed by atoms with E-state index in [0.29, 0.717) is 28.7 Å². The Hall–Kier alpha value is -3.14. The fourth-order valence-corrected chi connectivity index (χ4v) is 4.25. The Bertz CT molecular complexity index is 969. The van der Waals surface area contributed by atoms with Crippen molar-refractivity contribution in [2.45, 2.75) is 26.3 Å². The number of methoxy groups -OCH3 is 1. The lowest BCUT2D eigenvalue weighted by Crippen LogP contribution is -2.38. The van der Waals surface area contributed by atoms with Crippen LogP contribution in [0, 0.1) is 10.1 Å². The average Bonchev–Trinajstić information content (AvgIpc) is 3.08. The van der Waals surface area contributed by atoms with Crippen LogP contribution in [0.4, 0.5) is 5.69 Å². The molecule has 2 aliphatic rings. The number of fused-ring (bicyclic) bond motifs is 1. The summed E-state index contributed by atoms with van der Waals surface area (Å²) in [6.07, 6.45) is 0.0960. The first kappa shape index (κ1) is 20.6. The number of nitro benzene ring substituents is 1. The van der Waals surface area contributed by atoms with E-state index in [0.717, 1.165) is 0 Å². The van der Waals surface area contributed by atoms with Gasteiger partial charge >= 0.3 is 5.97 Å². The number of nitrogens with zero attached hydrogens (tertiary/aromatic N) is 3. The van der Waals surface area contributed by atoms with E-state index in [1.165, 1.54) is 31.0 Å². The minimum absolute atomic E-state index is 0.0884. The number of allylic oxidation sites excluding steroid dienone is 1. The number of rotatable bonds is 6. The number of esters is 1. The topological polar surface area (TPSA) is 114 Å². The van der Waals surface area contributed by atoms with Crippen LogP contribution in [0.15, 0.2) is 51.6 Å². The molecule has 0 bridgehead atoms. The summed E-state index contributed by atoms with van der Waals surface area (Å²) in [7, 11) is 1.27. The standard InChI is InChI=1S/C19H20N4O5S/c1-4-20-15(24)9-14-10-29-19-21-11(2)16(18(25)28-3)17(22(14)19)12-6-5-7-13(8-12)23(26)27/h5-8,10,17H,4,9H2,1-3H3,(H,20,24)/t17-/m0/s1. The lowest BCUT2D eigenvalue weighted by molar-refractivity contribution is -0.384. The molecule has 3 rings (SSSR count). The largest absolute Gasteiger partial charge is 0.466 e. The molecule has 0 spiro atoms. The predicted molar refractivity (Wildman–Crippen MR) is 109 cm³/mol. The van der Waals surface area contributed by atoms with E-state index >= 15 is 0 Å². The zero-order valence-electron chi connectivity index (χ0n) is 16.2. The van der Waals surface area contributed by atoms with Crippen molar-refractivity contribution in [1.29, 1.82) is 0 Å². The molecular formula is C19H20N4O5S. The predicted octanol–water partition coefficient (Wildman–Crippen LogP) is 2.87. The molecule has 29 heavy (non-hydrogen) atoms. The summed E-state index contributed by atoms with van der Waals surface area (Å²) >= 11 is 1.34. The summed E-state index contributed by atoms with van der Waals surface area (Å²) in [4.78, 5) is 41.8. The van der Waals surface area contributed by atoms with Crippen LogP contribution in [0.1, 0.15) is 31.9 Å².